The Balaban J connectivity index is 2.54. The Hall–Kier alpha value is -1.19. The zero-order valence-electron chi connectivity index (χ0n) is 8.94. The van der Waals surface area contributed by atoms with Gasteiger partial charge in [-0.3, -0.25) is 0 Å². The predicted molar refractivity (Wildman–Crippen MR) is 57.9 cm³/mol. The van der Waals surface area contributed by atoms with Crippen molar-refractivity contribution in [3.8, 4) is 0 Å². The molecular formula is C12H15FO2. The molecule has 0 amide bonds. The van der Waals surface area contributed by atoms with Gasteiger partial charge in [-0.25, -0.2) is 4.39 Å². The zero-order chi connectivity index (χ0) is 11.1. The van der Waals surface area contributed by atoms with Gasteiger partial charge in [0, 0.05) is 26.2 Å². The Morgan fingerprint density at radius 2 is 1.93 bits per heavy atom. The second-order valence-corrected chi connectivity index (χ2v) is 3.06. The highest BCUT2D eigenvalue weighted by molar-refractivity contribution is 5.49. The van der Waals surface area contributed by atoms with Crippen LogP contribution in [0.4, 0.5) is 4.39 Å². The van der Waals surface area contributed by atoms with Gasteiger partial charge in [0.2, 0.25) is 0 Å². The van der Waals surface area contributed by atoms with E-state index in [4.69, 9.17) is 9.47 Å². The topological polar surface area (TPSA) is 18.5 Å². The van der Waals surface area contributed by atoms with Crippen LogP contribution in [-0.4, -0.2) is 20.5 Å². The molecule has 0 unspecified atom stereocenters. The third kappa shape index (κ3) is 3.81. The van der Waals surface area contributed by atoms with Crippen molar-refractivity contribution in [1.29, 1.82) is 0 Å². The summed E-state index contributed by atoms with van der Waals surface area (Å²) in [7, 11) is 3.15. The summed E-state index contributed by atoms with van der Waals surface area (Å²) >= 11 is 0. The van der Waals surface area contributed by atoms with E-state index in [0.717, 1.165) is 0 Å². The van der Waals surface area contributed by atoms with Gasteiger partial charge >= 0.3 is 0 Å². The van der Waals surface area contributed by atoms with Crippen molar-refractivity contribution in [3.05, 3.63) is 41.7 Å². The van der Waals surface area contributed by atoms with Crippen molar-refractivity contribution in [1.82, 2.24) is 0 Å². The third-order valence-corrected chi connectivity index (χ3v) is 2.06. The molecule has 15 heavy (non-hydrogen) atoms. The molecule has 0 aliphatic heterocycles. The van der Waals surface area contributed by atoms with Gasteiger partial charge in [0.15, 0.2) is 6.29 Å². The number of rotatable bonds is 5. The van der Waals surface area contributed by atoms with Gasteiger partial charge < -0.3 is 9.47 Å². The number of benzene rings is 1. The highest BCUT2D eigenvalue weighted by Gasteiger charge is 2.01. The van der Waals surface area contributed by atoms with Crippen LogP contribution >= 0.6 is 0 Å². The first-order valence-electron chi connectivity index (χ1n) is 4.74. The maximum atomic E-state index is 13.2. The molecular weight excluding hydrogens is 195 g/mol. The fraction of sp³-hybridized carbons (Fsp3) is 0.333. The smallest absolute Gasteiger partial charge is 0.160 e. The molecule has 0 bridgehead atoms. The van der Waals surface area contributed by atoms with Crippen molar-refractivity contribution in [2.24, 2.45) is 0 Å². The maximum absolute atomic E-state index is 13.2. The molecule has 2 nitrogen and oxygen atoms in total. The van der Waals surface area contributed by atoms with Gasteiger partial charge in [-0.05, 0) is 6.07 Å². The standard InChI is InChI=1S/C12H15FO2/c1-14-12(15-2)9-5-7-10-6-3-4-8-11(10)13/h3-8,12H,9H2,1-2H3/b7-5+. The van der Waals surface area contributed by atoms with Crippen LogP contribution in [0.5, 0.6) is 0 Å². The van der Waals surface area contributed by atoms with E-state index in [-0.39, 0.29) is 12.1 Å². The highest BCUT2D eigenvalue weighted by atomic mass is 19.1. The molecule has 0 aliphatic carbocycles. The maximum Gasteiger partial charge on any atom is 0.160 e. The predicted octanol–water partition coefficient (Wildman–Crippen LogP) is 2.85. The first-order chi connectivity index (χ1) is 7.27. The molecule has 0 fully saturated rings. The average Bonchev–Trinajstić information content (AvgIpc) is 2.27. The number of hydrogen-bond donors (Lipinski definition) is 0. The Labute approximate surface area is 89.3 Å². The van der Waals surface area contributed by atoms with Crippen molar-refractivity contribution in [3.63, 3.8) is 0 Å². The minimum Gasteiger partial charge on any atom is -0.356 e. The van der Waals surface area contributed by atoms with Crippen molar-refractivity contribution < 1.29 is 13.9 Å². The Bertz CT molecular complexity index is 319. The highest BCUT2D eigenvalue weighted by Crippen LogP contribution is 2.09. The lowest BCUT2D eigenvalue weighted by atomic mass is 10.2. The number of methoxy groups -OCH3 is 2. The summed E-state index contributed by atoms with van der Waals surface area (Å²) in [5, 5.41) is 0. The SMILES string of the molecule is COC(C/C=C/c1ccccc1F)OC. The molecule has 1 aromatic rings. The summed E-state index contributed by atoms with van der Waals surface area (Å²) in [6.45, 7) is 0. The molecule has 0 heterocycles. The Kier molecular flexibility index (Phi) is 5.01. The first-order valence-corrected chi connectivity index (χ1v) is 4.74. The molecule has 0 aromatic heterocycles. The van der Waals surface area contributed by atoms with Crippen LogP contribution in [0.3, 0.4) is 0 Å². The molecule has 0 saturated heterocycles. The number of ether oxygens (including phenoxy) is 2. The lowest BCUT2D eigenvalue weighted by Gasteiger charge is -2.09. The van der Waals surface area contributed by atoms with Crippen molar-refractivity contribution >= 4 is 6.08 Å². The van der Waals surface area contributed by atoms with Crippen LogP contribution in [0.15, 0.2) is 30.3 Å². The van der Waals surface area contributed by atoms with Gasteiger partial charge in [-0.1, -0.05) is 30.4 Å². The summed E-state index contributed by atoms with van der Waals surface area (Å²) in [5.41, 5.74) is 0.573. The quantitative estimate of drug-likeness (QED) is 0.696. The van der Waals surface area contributed by atoms with E-state index in [1.54, 1.807) is 38.5 Å². The number of hydrogen-bond acceptors (Lipinski definition) is 2. The van der Waals surface area contributed by atoms with Crippen molar-refractivity contribution in [2.75, 3.05) is 14.2 Å². The van der Waals surface area contributed by atoms with Crippen LogP contribution < -0.4 is 0 Å². The zero-order valence-corrected chi connectivity index (χ0v) is 8.94. The Morgan fingerprint density at radius 1 is 1.27 bits per heavy atom. The second-order valence-electron chi connectivity index (χ2n) is 3.06. The summed E-state index contributed by atoms with van der Waals surface area (Å²) < 4.78 is 23.2. The van der Waals surface area contributed by atoms with E-state index in [1.807, 2.05) is 6.08 Å². The van der Waals surface area contributed by atoms with Gasteiger partial charge in [0.1, 0.15) is 5.82 Å². The van der Waals surface area contributed by atoms with Crippen LogP contribution in [0.1, 0.15) is 12.0 Å². The summed E-state index contributed by atoms with van der Waals surface area (Å²) in [6, 6.07) is 6.62. The Morgan fingerprint density at radius 3 is 2.53 bits per heavy atom. The molecule has 0 N–H and O–H groups in total. The van der Waals surface area contributed by atoms with E-state index in [0.29, 0.717) is 12.0 Å². The van der Waals surface area contributed by atoms with E-state index in [1.165, 1.54) is 6.07 Å². The largest absolute Gasteiger partial charge is 0.356 e. The minimum absolute atomic E-state index is 0.222. The molecule has 0 saturated carbocycles. The minimum atomic E-state index is -0.270. The lowest BCUT2D eigenvalue weighted by Crippen LogP contribution is -2.10. The van der Waals surface area contributed by atoms with E-state index < -0.39 is 0 Å². The van der Waals surface area contributed by atoms with Crippen LogP contribution in [0.25, 0.3) is 6.08 Å². The third-order valence-electron chi connectivity index (χ3n) is 2.06. The van der Waals surface area contributed by atoms with Crippen molar-refractivity contribution in [2.45, 2.75) is 12.7 Å². The fourth-order valence-electron chi connectivity index (χ4n) is 1.21. The molecule has 0 aliphatic rings. The van der Waals surface area contributed by atoms with Gasteiger partial charge in [-0.2, -0.15) is 0 Å². The molecule has 0 spiro atoms. The molecule has 0 atom stereocenters. The van der Waals surface area contributed by atoms with Crippen LogP contribution in [-0.2, 0) is 9.47 Å². The summed E-state index contributed by atoms with van der Waals surface area (Å²) in [4.78, 5) is 0. The van der Waals surface area contributed by atoms with Gasteiger partial charge in [-0.15, -0.1) is 0 Å². The molecule has 1 rings (SSSR count). The molecule has 82 valence electrons. The molecule has 3 heteroatoms. The lowest BCUT2D eigenvalue weighted by molar-refractivity contribution is -0.0985. The van der Waals surface area contributed by atoms with E-state index in [9.17, 15) is 4.39 Å². The van der Waals surface area contributed by atoms with Gasteiger partial charge in [0.25, 0.3) is 0 Å². The van der Waals surface area contributed by atoms with Crippen LogP contribution in [0, 0.1) is 5.82 Å². The number of halogens is 1. The van der Waals surface area contributed by atoms with Gasteiger partial charge in [0.05, 0.1) is 0 Å². The summed E-state index contributed by atoms with van der Waals surface area (Å²) in [5.74, 6) is -0.222. The van der Waals surface area contributed by atoms with Crippen LogP contribution in [0.2, 0.25) is 0 Å². The molecule has 1 aromatic carbocycles. The second kappa shape index (κ2) is 6.32. The average molecular weight is 210 g/mol. The summed E-state index contributed by atoms with van der Waals surface area (Å²) in [6.07, 6.45) is 3.88. The molecule has 0 radical (unpaired) electrons. The van der Waals surface area contributed by atoms with E-state index in [2.05, 4.69) is 0 Å². The normalized spacial score (nSPS) is 11.5. The fourth-order valence-corrected chi connectivity index (χ4v) is 1.21. The first kappa shape index (κ1) is 11.9. The van der Waals surface area contributed by atoms with E-state index >= 15 is 0 Å². The monoisotopic (exact) mass is 210 g/mol.